The van der Waals surface area contributed by atoms with E-state index in [9.17, 15) is 16.8 Å². The maximum atomic E-state index is 12.3. The van der Waals surface area contributed by atoms with E-state index in [1.807, 2.05) is 0 Å². The van der Waals surface area contributed by atoms with Crippen LogP contribution in [0.5, 0.6) is 0 Å². The lowest BCUT2D eigenvalue weighted by atomic mass is 10.3. The molecule has 0 aliphatic heterocycles. The van der Waals surface area contributed by atoms with Crippen molar-refractivity contribution >= 4 is 48.7 Å². The van der Waals surface area contributed by atoms with Gasteiger partial charge in [-0.2, -0.15) is 0 Å². The zero-order valence-corrected chi connectivity index (χ0v) is 14.4. The van der Waals surface area contributed by atoms with Crippen LogP contribution in [0.2, 0.25) is 10.0 Å². The summed E-state index contributed by atoms with van der Waals surface area (Å²) >= 11 is 11.7. The predicted octanol–water partition coefficient (Wildman–Crippen LogP) is 3.20. The summed E-state index contributed by atoms with van der Waals surface area (Å²) in [5, 5.41) is 0.523. The second-order valence-corrected chi connectivity index (χ2v) is 9.02. The third-order valence-corrected chi connectivity index (χ3v) is 5.81. The summed E-state index contributed by atoms with van der Waals surface area (Å²) in [6.07, 6.45) is 1.04. The van der Waals surface area contributed by atoms with Crippen molar-refractivity contribution in [3.05, 3.63) is 52.5 Å². The fraction of sp³-hybridized carbons (Fsp3) is 0.0769. The molecule has 0 spiro atoms. The molecule has 1 N–H and O–H groups in total. The number of anilines is 1. The number of sulfonamides is 1. The van der Waals surface area contributed by atoms with Crippen LogP contribution in [0.25, 0.3) is 0 Å². The molecular weight excluding hydrogens is 369 g/mol. The molecule has 0 aromatic heterocycles. The van der Waals surface area contributed by atoms with Gasteiger partial charge in [0.25, 0.3) is 10.0 Å². The average Bonchev–Trinajstić information content (AvgIpc) is 2.42. The molecule has 9 heteroatoms. The molecule has 0 fully saturated rings. The lowest BCUT2D eigenvalue weighted by Crippen LogP contribution is -2.13. The minimum absolute atomic E-state index is 0.0345. The maximum Gasteiger partial charge on any atom is 0.261 e. The van der Waals surface area contributed by atoms with Gasteiger partial charge in [-0.3, -0.25) is 4.72 Å². The van der Waals surface area contributed by atoms with Gasteiger partial charge in [0.05, 0.1) is 20.5 Å². The van der Waals surface area contributed by atoms with Crippen molar-refractivity contribution in [1.82, 2.24) is 0 Å². The predicted molar refractivity (Wildman–Crippen MR) is 86.8 cm³/mol. The van der Waals surface area contributed by atoms with Gasteiger partial charge in [-0.1, -0.05) is 23.2 Å². The van der Waals surface area contributed by atoms with E-state index in [0.29, 0.717) is 5.02 Å². The van der Waals surface area contributed by atoms with Crippen molar-refractivity contribution in [2.24, 2.45) is 0 Å². The van der Waals surface area contributed by atoms with Crippen LogP contribution in [-0.4, -0.2) is 23.1 Å². The molecule has 22 heavy (non-hydrogen) atoms. The molecule has 0 heterocycles. The summed E-state index contributed by atoms with van der Waals surface area (Å²) in [4.78, 5) is -0.0526. The first kappa shape index (κ1) is 17.1. The number of nitrogens with one attached hydrogen (secondary N) is 1. The van der Waals surface area contributed by atoms with E-state index in [1.54, 1.807) is 0 Å². The fourth-order valence-corrected chi connectivity index (χ4v) is 3.74. The third-order valence-electron chi connectivity index (χ3n) is 2.73. The number of hydrogen-bond donors (Lipinski definition) is 1. The summed E-state index contributed by atoms with van der Waals surface area (Å²) in [5.74, 6) is 0. The summed E-state index contributed by atoms with van der Waals surface area (Å²) in [6.45, 7) is 0. The van der Waals surface area contributed by atoms with E-state index in [-0.39, 0.29) is 20.5 Å². The minimum Gasteiger partial charge on any atom is -0.278 e. The normalized spacial score (nSPS) is 12.1. The molecule has 0 radical (unpaired) electrons. The number of hydrogen-bond acceptors (Lipinski definition) is 4. The molecule has 5 nitrogen and oxygen atoms in total. The molecule has 0 saturated heterocycles. The zero-order chi connectivity index (χ0) is 16.5. The third kappa shape index (κ3) is 3.92. The van der Waals surface area contributed by atoms with Crippen LogP contribution in [0.15, 0.2) is 52.3 Å². The average molecular weight is 380 g/mol. The van der Waals surface area contributed by atoms with Crippen molar-refractivity contribution in [3.8, 4) is 0 Å². The van der Waals surface area contributed by atoms with Gasteiger partial charge in [-0.05, 0) is 42.5 Å². The van der Waals surface area contributed by atoms with E-state index in [2.05, 4.69) is 4.72 Å². The van der Waals surface area contributed by atoms with Crippen LogP contribution in [0.4, 0.5) is 5.69 Å². The molecule has 2 aromatic carbocycles. The van der Waals surface area contributed by atoms with Gasteiger partial charge in [0.1, 0.15) is 0 Å². The Bertz CT molecular complexity index is 908. The standard InChI is InChI=1S/C13H11Cl2NO4S2/c1-21(17,18)10-3-5-11(6-4-10)22(19,20)16-13-8-9(14)2-7-12(13)15/h2-8,16H,1H3. The highest BCUT2D eigenvalue weighted by Crippen LogP contribution is 2.28. The minimum atomic E-state index is -3.90. The van der Waals surface area contributed by atoms with Crippen LogP contribution in [-0.2, 0) is 19.9 Å². The second-order valence-electron chi connectivity index (χ2n) is 4.47. The number of benzene rings is 2. The zero-order valence-electron chi connectivity index (χ0n) is 11.2. The Morgan fingerprint density at radius 1 is 0.864 bits per heavy atom. The highest BCUT2D eigenvalue weighted by Gasteiger charge is 2.17. The highest BCUT2D eigenvalue weighted by atomic mass is 35.5. The summed E-state index contributed by atoms with van der Waals surface area (Å²) < 4.78 is 49.6. The molecule has 0 aliphatic carbocycles. The first-order chi connectivity index (χ1) is 10.1. The smallest absolute Gasteiger partial charge is 0.261 e. The summed E-state index contributed by atoms with van der Waals surface area (Å²) in [5.41, 5.74) is 0.140. The van der Waals surface area contributed by atoms with Gasteiger partial charge in [0, 0.05) is 11.3 Å². The van der Waals surface area contributed by atoms with E-state index in [0.717, 1.165) is 6.26 Å². The molecule has 118 valence electrons. The quantitative estimate of drug-likeness (QED) is 0.884. The topological polar surface area (TPSA) is 80.3 Å². The van der Waals surface area contributed by atoms with Crippen molar-refractivity contribution < 1.29 is 16.8 Å². The molecule has 0 unspecified atom stereocenters. The molecular formula is C13H11Cl2NO4S2. The van der Waals surface area contributed by atoms with Gasteiger partial charge in [-0.25, -0.2) is 16.8 Å². The first-order valence-electron chi connectivity index (χ1n) is 5.87. The van der Waals surface area contributed by atoms with Gasteiger partial charge >= 0.3 is 0 Å². The van der Waals surface area contributed by atoms with Crippen molar-refractivity contribution in [1.29, 1.82) is 0 Å². The summed E-state index contributed by atoms with van der Waals surface area (Å²) in [6, 6.07) is 9.24. The van der Waals surface area contributed by atoms with Crippen LogP contribution in [0, 0.1) is 0 Å². The molecule has 0 aliphatic rings. The van der Waals surface area contributed by atoms with Crippen LogP contribution in [0.1, 0.15) is 0 Å². The Hall–Kier alpha value is -1.28. The lowest BCUT2D eigenvalue weighted by Gasteiger charge is -2.10. The van der Waals surface area contributed by atoms with E-state index in [4.69, 9.17) is 23.2 Å². The van der Waals surface area contributed by atoms with E-state index >= 15 is 0 Å². The molecule has 0 amide bonds. The largest absolute Gasteiger partial charge is 0.278 e. The number of halogens is 2. The SMILES string of the molecule is CS(=O)(=O)c1ccc(S(=O)(=O)Nc2cc(Cl)ccc2Cl)cc1. The van der Waals surface area contributed by atoms with Crippen molar-refractivity contribution in [3.63, 3.8) is 0 Å². The Morgan fingerprint density at radius 2 is 1.41 bits per heavy atom. The van der Waals surface area contributed by atoms with E-state index in [1.165, 1.54) is 42.5 Å². The molecule has 0 bridgehead atoms. The Kier molecular flexibility index (Phi) is 4.72. The lowest BCUT2D eigenvalue weighted by molar-refractivity contribution is 0.597. The Morgan fingerprint density at radius 3 is 1.95 bits per heavy atom. The van der Waals surface area contributed by atoms with Gasteiger partial charge in [0.2, 0.25) is 0 Å². The van der Waals surface area contributed by atoms with Crippen LogP contribution >= 0.6 is 23.2 Å². The first-order valence-corrected chi connectivity index (χ1v) is 10.0. The van der Waals surface area contributed by atoms with Gasteiger partial charge < -0.3 is 0 Å². The molecule has 0 saturated carbocycles. The van der Waals surface area contributed by atoms with E-state index < -0.39 is 19.9 Å². The maximum absolute atomic E-state index is 12.3. The molecule has 2 aromatic rings. The van der Waals surface area contributed by atoms with Crippen molar-refractivity contribution in [2.45, 2.75) is 9.79 Å². The summed E-state index contributed by atoms with van der Waals surface area (Å²) in [7, 11) is -7.29. The molecule has 2 rings (SSSR count). The van der Waals surface area contributed by atoms with Gasteiger partial charge in [0.15, 0.2) is 9.84 Å². The second kappa shape index (κ2) is 6.08. The molecule has 0 atom stereocenters. The Balaban J connectivity index is 2.37. The number of sulfone groups is 1. The Labute approximate surface area is 138 Å². The van der Waals surface area contributed by atoms with Crippen LogP contribution < -0.4 is 4.72 Å². The number of rotatable bonds is 4. The van der Waals surface area contributed by atoms with Gasteiger partial charge in [-0.15, -0.1) is 0 Å². The van der Waals surface area contributed by atoms with Crippen LogP contribution in [0.3, 0.4) is 0 Å². The fourth-order valence-electron chi connectivity index (χ4n) is 1.65. The monoisotopic (exact) mass is 379 g/mol. The van der Waals surface area contributed by atoms with Crippen molar-refractivity contribution in [2.75, 3.05) is 11.0 Å². The highest BCUT2D eigenvalue weighted by molar-refractivity contribution is 7.92.